The molecule has 0 unspecified atom stereocenters. The Morgan fingerprint density at radius 1 is 0.667 bits per heavy atom. The van der Waals surface area contributed by atoms with Crippen LogP contribution in [0.4, 0.5) is 5.69 Å². The van der Waals surface area contributed by atoms with Gasteiger partial charge < -0.3 is 0 Å². The average Bonchev–Trinajstić information content (AvgIpc) is 2.53. The molecule has 0 aliphatic carbocycles. The van der Waals surface area contributed by atoms with Gasteiger partial charge in [0.2, 0.25) is 0 Å². The van der Waals surface area contributed by atoms with Gasteiger partial charge in [-0.3, -0.25) is 0 Å². The van der Waals surface area contributed by atoms with Gasteiger partial charge in [0.05, 0.1) is 0 Å². The summed E-state index contributed by atoms with van der Waals surface area (Å²) in [6, 6.07) is 26.0. The molecule has 0 fully saturated rings. The van der Waals surface area contributed by atoms with Crippen molar-refractivity contribution in [2.45, 2.75) is 5.92 Å². The third kappa shape index (κ3) is 2.17. The van der Waals surface area contributed by atoms with Gasteiger partial charge in [0.15, 0.2) is 0 Å². The van der Waals surface area contributed by atoms with Crippen LogP contribution in [0.1, 0.15) is 22.6 Å². The third-order valence-corrected chi connectivity index (χ3v) is 6.43. The van der Waals surface area contributed by atoms with Gasteiger partial charge in [0.1, 0.15) is 0 Å². The molecule has 3 aromatic rings. The van der Waals surface area contributed by atoms with Crippen molar-refractivity contribution in [2.75, 3.05) is 5.73 Å². The fraction of sp³-hybridized carbons (Fsp3) is 0.0526. The molecule has 4 rings (SSSR count). The zero-order valence-electron chi connectivity index (χ0n) is 11.5. The van der Waals surface area contributed by atoms with Gasteiger partial charge in [-0.05, 0) is 0 Å². The van der Waals surface area contributed by atoms with E-state index in [1.54, 1.807) is 0 Å². The maximum atomic E-state index is 5.85. The Kier molecular flexibility index (Phi) is 3.07. The van der Waals surface area contributed by atoms with Crippen molar-refractivity contribution < 1.29 is 0 Å². The van der Waals surface area contributed by atoms with Crippen molar-refractivity contribution in [1.82, 2.24) is 0 Å². The molecular formula is C19H15NSe. The van der Waals surface area contributed by atoms with Gasteiger partial charge in [-0.25, -0.2) is 0 Å². The van der Waals surface area contributed by atoms with Crippen molar-refractivity contribution in [2.24, 2.45) is 0 Å². The first-order valence-electron chi connectivity index (χ1n) is 7.04. The number of benzene rings is 3. The van der Waals surface area contributed by atoms with E-state index in [0.29, 0.717) is 20.9 Å². The molecule has 0 amide bonds. The van der Waals surface area contributed by atoms with E-state index in [0.717, 1.165) is 5.69 Å². The van der Waals surface area contributed by atoms with Gasteiger partial charge in [-0.1, -0.05) is 0 Å². The SMILES string of the molecule is Nc1ccc(C2c3ccccc3[Se]c3ccccc32)cc1. The third-order valence-electron chi connectivity index (χ3n) is 3.95. The van der Waals surface area contributed by atoms with Crippen LogP contribution in [0, 0.1) is 0 Å². The van der Waals surface area contributed by atoms with Crippen molar-refractivity contribution in [3.63, 3.8) is 0 Å². The molecule has 2 heteroatoms. The first-order valence-corrected chi connectivity index (χ1v) is 8.75. The fourth-order valence-corrected chi connectivity index (χ4v) is 5.34. The fourth-order valence-electron chi connectivity index (χ4n) is 2.96. The van der Waals surface area contributed by atoms with Crippen molar-refractivity contribution in [3.05, 3.63) is 89.5 Å². The molecule has 1 aliphatic heterocycles. The number of nitrogen functional groups attached to an aromatic ring is 1. The van der Waals surface area contributed by atoms with E-state index >= 15 is 0 Å². The molecule has 3 aromatic carbocycles. The number of hydrogen-bond donors (Lipinski definition) is 1. The summed E-state index contributed by atoms with van der Waals surface area (Å²) in [5.74, 6) is 0.327. The molecule has 0 radical (unpaired) electrons. The van der Waals surface area contributed by atoms with Crippen LogP contribution in [-0.4, -0.2) is 15.0 Å². The maximum absolute atomic E-state index is 5.85. The van der Waals surface area contributed by atoms with Crippen molar-refractivity contribution in [3.8, 4) is 0 Å². The monoisotopic (exact) mass is 337 g/mol. The second-order valence-corrected chi connectivity index (χ2v) is 7.55. The van der Waals surface area contributed by atoms with Crippen molar-refractivity contribution in [1.29, 1.82) is 0 Å². The summed E-state index contributed by atoms with van der Waals surface area (Å²) in [5, 5.41) is 0. The summed E-state index contributed by atoms with van der Waals surface area (Å²) in [7, 11) is 0. The quantitative estimate of drug-likeness (QED) is 0.419. The molecule has 102 valence electrons. The number of fused-ring (bicyclic) bond motifs is 2. The molecule has 1 nitrogen and oxygen atoms in total. The topological polar surface area (TPSA) is 26.0 Å². The Morgan fingerprint density at radius 2 is 1.19 bits per heavy atom. The number of rotatable bonds is 1. The Hall–Kier alpha value is -2.02. The normalized spacial score (nSPS) is 13.5. The zero-order chi connectivity index (χ0) is 14.2. The van der Waals surface area contributed by atoms with Gasteiger partial charge >= 0.3 is 131 Å². The summed E-state index contributed by atoms with van der Waals surface area (Å²) in [5.41, 5.74) is 10.9. The van der Waals surface area contributed by atoms with E-state index < -0.39 is 0 Å². The van der Waals surface area contributed by atoms with E-state index in [1.165, 1.54) is 25.6 Å². The van der Waals surface area contributed by atoms with Crippen LogP contribution in [-0.2, 0) is 0 Å². The van der Waals surface area contributed by atoms with Crippen LogP contribution in [0.2, 0.25) is 0 Å². The van der Waals surface area contributed by atoms with Crippen LogP contribution >= 0.6 is 0 Å². The van der Waals surface area contributed by atoms with Gasteiger partial charge in [0.25, 0.3) is 0 Å². The first-order chi connectivity index (χ1) is 10.3. The molecule has 1 heterocycles. The second-order valence-electron chi connectivity index (χ2n) is 5.28. The van der Waals surface area contributed by atoms with Crippen LogP contribution in [0.5, 0.6) is 0 Å². The molecule has 0 aromatic heterocycles. The number of anilines is 1. The molecule has 2 N–H and O–H groups in total. The number of nitrogens with two attached hydrogens (primary N) is 1. The summed E-state index contributed by atoms with van der Waals surface area (Å²) in [6.45, 7) is 0. The van der Waals surface area contributed by atoms with E-state index in [2.05, 4.69) is 60.7 Å². The molecule has 21 heavy (non-hydrogen) atoms. The van der Waals surface area contributed by atoms with E-state index in [9.17, 15) is 0 Å². The first kappa shape index (κ1) is 12.7. The van der Waals surface area contributed by atoms with E-state index in [-0.39, 0.29) is 0 Å². The Balaban J connectivity index is 1.95. The van der Waals surface area contributed by atoms with Gasteiger partial charge in [-0.15, -0.1) is 0 Å². The minimum atomic E-state index is 0.327. The van der Waals surface area contributed by atoms with E-state index in [4.69, 9.17) is 5.73 Å². The Bertz CT molecular complexity index is 747. The molecular weight excluding hydrogens is 321 g/mol. The predicted octanol–water partition coefficient (Wildman–Crippen LogP) is 2.42. The van der Waals surface area contributed by atoms with Gasteiger partial charge in [0, 0.05) is 0 Å². The van der Waals surface area contributed by atoms with Crippen LogP contribution in [0.3, 0.4) is 0 Å². The Labute approximate surface area is 131 Å². The number of hydrogen-bond acceptors (Lipinski definition) is 1. The molecule has 0 saturated heterocycles. The standard InChI is InChI=1S/C19H15NSe/c20-14-11-9-13(10-12-14)19-15-5-1-3-7-17(15)21-18-8-4-2-6-16(18)19/h1-12,19H,20H2. The van der Waals surface area contributed by atoms with Crippen LogP contribution in [0.25, 0.3) is 0 Å². The van der Waals surface area contributed by atoms with Crippen molar-refractivity contribution >= 4 is 29.6 Å². The second kappa shape index (κ2) is 5.07. The van der Waals surface area contributed by atoms with Gasteiger partial charge in [-0.2, -0.15) is 0 Å². The molecule has 0 bridgehead atoms. The summed E-state index contributed by atoms with van der Waals surface area (Å²) in [4.78, 5) is 0. The molecule has 1 aliphatic rings. The molecule has 0 atom stereocenters. The predicted molar refractivity (Wildman–Crippen MR) is 89.7 cm³/mol. The summed E-state index contributed by atoms with van der Waals surface area (Å²) < 4.78 is 2.98. The zero-order valence-corrected chi connectivity index (χ0v) is 13.2. The van der Waals surface area contributed by atoms with Crippen LogP contribution < -0.4 is 14.7 Å². The summed E-state index contributed by atoms with van der Waals surface area (Å²) >= 11 is 0.400. The average molecular weight is 336 g/mol. The molecule has 0 spiro atoms. The molecule has 0 saturated carbocycles. The Morgan fingerprint density at radius 3 is 1.76 bits per heavy atom. The van der Waals surface area contributed by atoms with E-state index in [1.807, 2.05) is 12.1 Å². The minimum absolute atomic E-state index is 0.327. The summed E-state index contributed by atoms with van der Waals surface area (Å²) in [6.07, 6.45) is 0. The van der Waals surface area contributed by atoms with Crippen LogP contribution in [0.15, 0.2) is 72.8 Å².